The first kappa shape index (κ1) is 15.0. The maximum atomic E-state index is 13.2. The van der Waals surface area contributed by atoms with Crippen LogP contribution in [0.1, 0.15) is 5.56 Å². The Balaban J connectivity index is 2.46. The zero-order chi connectivity index (χ0) is 14.4. The van der Waals surface area contributed by atoms with Gasteiger partial charge in [0.1, 0.15) is 13.2 Å². The Labute approximate surface area is 106 Å². The number of hydrogen-bond donors (Lipinski definition) is 2. The minimum atomic E-state index is -1.62. The number of hydrogen-bond acceptors (Lipinski definition) is 3. The molecule has 0 aliphatic rings. The molecule has 2 N–H and O–H groups in total. The van der Waals surface area contributed by atoms with Crippen LogP contribution in [0.2, 0.25) is 0 Å². The van der Waals surface area contributed by atoms with Crippen molar-refractivity contribution >= 4 is 11.9 Å². The van der Waals surface area contributed by atoms with Crippen molar-refractivity contribution in [1.29, 1.82) is 0 Å². The number of benzene rings is 1. The van der Waals surface area contributed by atoms with E-state index in [1.54, 1.807) is 0 Å². The van der Waals surface area contributed by atoms with Crippen LogP contribution in [0.5, 0.6) is 0 Å². The minimum absolute atomic E-state index is 0.231. The molecule has 0 fully saturated rings. The summed E-state index contributed by atoms with van der Waals surface area (Å²) in [5, 5.41) is 10.4. The molecule has 8 heteroatoms. The monoisotopic (exact) mass is 277 g/mol. The van der Waals surface area contributed by atoms with Gasteiger partial charge in [-0.2, -0.15) is 0 Å². The molecular weight excluding hydrogens is 267 g/mol. The van der Waals surface area contributed by atoms with Crippen LogP contribution in [0.15, 0.2) is 12.1 Å². The van der Waals surface area contributed by atoms with E-state index >= 15 is 0 Å². The summed E-state index contributed by atoms with van der Waals surface area (Å²) in [6.45, 7) is -1.54. The highest BCUT2D eigenvalue weighted by Gasteiger charge is 2.13. The number of carbonyl (C=O) groups excluding carboxylic acids is 1. The van der Waals surface area contributed by atoms with Crippen molar-refractivity contribution in [2.24, 2.45) is 0 Å². The lowest BCUT2D eigenvalue weighted by Crippen LogP contribution is -2.28. The fourth-order valence-electron chi connectivity index (χ4n) is 1.18. The fourth-order valence-corrected chi connectivity index (χ4v) is 1.18. The maximum Gasteiger partial charge on any atom is 0.329 e. The van der Waals surface area contributed by atoms with Crippen LogP contribution >= 0.6 is 0 Å². The second-order valence-corrected chi connectivity index (χ2v) is 3.50. The van der Waals surface area contributed by atoms with E-state index in [0.717, 1.165) is 12.1 Å². The van der Waals surface area contributed by atoms with Crippen molar-refractivity contribution in [3.05, 3.63) is 35.1 Å². The number of nitrogens with one attached hydrogen (secondary N) is 1. The first-order valence-electron chi connectivity index (χ1n) is 5.10. The van der Waals surface area contributed by atoms with Gasteiger partial charge in [-0.1, -0.05) is 6.07 Å². The Morgan fingerprint density at radius 3 is 2.47 bits per heavy atom. The molecule has 1 aromatic carbocycles. The van der Waals surface area contributed by atoms with E-state index < -0.39 is 42.5 Å². The van der Waals surface area contributed by atoms with Crippen LogP contribution in [0.4, 0.5) is 13.2 Å². The highest BCUT2D eigenvalue weighted by Crippen LogP contribution is 2.14. The summed E-state index contributed by atoms with van der Waals surface area (Å²) in [6.07, 6.45) is 0. The number of carboxylic acids is 1. The van der Waals surface area contributed by atoms with Crippen LogP contribution in [-0.4, -0.2) is 30.2 Å². The molecule has 0 saturated heterocycles. The van der Waals surface area contributed by atoms with Gasteiger partial charge in [0.15, 0.2) is 17.5 Å². The lowest BCUT2D eigenvalue weighted by atomic mass is 10.2. The fraction of sp³-hybridized carbons (Fsp3) is 0.273. The first-order chi connectivity index (χ1) is 8.91. The van der Waals surface area contributed by atoms with E-state index in [-0.39, 0.29) is 12.1 Å². The molecule has 0 aromatic heterocycles. The number of carboxylic acid groups (broad SMARTS) is 1. The molecule has 0 aliphatic heterocycles. The molecule has 104 valence electrons. The molecule has 0 aliphatic carbocycles. The van der Waals surface area contributed by atoms with Crippen molar-refractivity contribution in [3.8, 4) is 0 Å². The zero-order valence-electron chi connectivity index (χ0n) is 9.58. The van der Waals surface area contributed by atoms with E-state index in [2.05, 4.69) is 10.1 Å². The molecule has 1 aromatic rings. The van der Waals surface area contributed by atoms with E-state index in [4.69, 9.17) is 5.11 Å². The van der Waals surface area contributed by atoms with Crippen molar-refractivity contribution in [3.63, 3.8) is 0 Å². The third-order valence-corrected chi connectivity index (χ3v) is 2.05. The van der Waals surface area contributed by atoms with Crippen molar-refractivity contribution in [2.45, 2.75) is 6.54 Å². The Morgan fingerprint density at radius 2 is 1.84 bits per heavy atom. The van der Waals surface area contributed by atoms with Gasteiger partial charge < -0.3 is 15.2 Å². The van der Waals surface area contributed by atoms with Crippen molar-refractivity contribution in [2.75, 3.05) is 13.2 Å². The van der Waals surface area contributed by atoms with Crippen LogP contribution in [0, 0.1) is 17.5 Å². The summed E-state index contributed by atoms with van der Waals surface area (Å²) < 4.78 is 43.2. The normalized spacial score (nSPS) is 10.3. The highest BCUT2D eigenvalue weighted by atomic mass is 19.2. The second-order valence-electron chi connectivity index (χ2n) is 3.50. The van der Waals surface area contributed by atoms with E-state index in [1.807, 2.05) is 0 Å². The highest BCUT2D eigenvalue weighted by molar-refractivity contribution is 5.77. The Kier molecular flexibility index (Phi) is 5.31. The van der Waals surface area contributed by atoms with Gasteiger partial charge in [-0.05, 0) is 6.07 Å². The summed E-state index contributed by atoms with van der Waals surface area (Å²) >= 11 is 0. The predicted molar refractivity (Wildman–Crippen MR) is 56.6 cm³/mol. The molecule has 0 spiro atoms. The van der Waals surface area contributed by atoms with Gasteiger partial charge in [0, 0.05) is 12.1 Å². The molecule has 0 heterocycles. The van der Waals surface area contributed by atoms with Gasteiger partial charge in [0.05, 0.1) is 0 Å². The Bertz CT molecular complexity index is 493. The quantitative estimate of drug-likeness (QED) is 0.755. The average molecular weight is 277 g/mol. The molecule has 0 bridgehead atoms. The maximum absolute atomic E-state index is 13.2. The predicted octanol–water partition coefficient (Wildman–Crippen LogP) is 0.821. The van der Waals surface area contributed by atoms with Crippen molar-refractivity contribution < 1.29 is 32.6 Å². The number of amides is 1. The molecular formula is C11H10F3NO4. The SMILES string of the molecule is O=C(O)COCC(=O)NCc1ccc(F)c(F)c1F. The first-order valence-corrected chi connectivity index (χ1v) is 5.10. The van der Waals surface area contributed by atoms with E-state index in [0.29, 0.717) is 0 Å². The third-order valence-electron chi connectivity index (χ3n) is 2.05. The second kappa shape index (κ2) is 6.74. The number of aliphatic carboxylic acids is 1. The molecule has 19 heavy (non-hydrogen) atoms. The number of rotatable bonds is 6. The van der Waals surface area contributed by atoms with Crippen LogP contribution in [0.3, 0.4) is 0 Å². The smallest absolute Gasteiger partial charge is 0.329 e. The molecule has 0 unspecified atom stereocenters. The number of ether oxygens (including phenoxy) is 1. The summed E-state index contributed by atoms with van der Waals surface area (Å²) in [4.78, 5) is 21.2. The molecule has 0 radical (unpaired) electrons. The van der Waals surface area contributed by atoms with Crippen molar-refractivity contribution in [1.82, 2.24) is 5.32 Å². The molecule has 0 atom stereocenters. The summed E-state index contributed by atoms with van der Waals surface area (Å²) in [7, 11) is 0. The zero-order valence-corrected chi connectivity index (χ0v) is 9.58. The number of carbonyl (C=O) groups is 2. The Morgan fingerprint density at radius 1 is 1.16 bits per heavy atom. The lowest BCUT2D eigenvalue weighted by Gasteiger charge is -2.07. The third kappa shape index (κ3) is 4.59. The van der Waals surface area contributed by atoms with Gasteiger partial charge in [-0.25, -0.2) is 18.0 Å². The summed E-state index contributed by atoms with van der Waals surface area (Å²) in [5.41, 5.74) is -0.231. The summed E-state index contributed by atoms with van der Waals surface area (Å²) in [5.74, 6) is -6.26. The molecule has 1 rings (SSSR count). The lowest BCUT2D eigenvalue weighted by molar-refractivity contribution is -0.143. The van der Waals surface area contributed by atoms with Gasteiger partial charge >= 0.3 is 5.97 Å². The van der Waals surface area contributed by atoms with Gasteiger partial charge in [0.25, 0.3) is 0 Å². The Hall–Kier alpha value is -2.09. The van der Waals surface area contributed by atoms with Crippen LogP contribution in [0.25, 0.3) is 0 Å². The van der Waals surface area contributed by atoms with Gasteiger partial charge in [-0.15, -0.1) is 0 Å². The minimum Gasteiger partial charge on any atom is -0.480 e. The standard InChI is InChI=1S/C11H10F3NO4/c12-7-2-1-6(10(13)11(7)14)3-15-8(16)4-19-5-9(17)18/h1-2H,3-5H2,(H,15,16)(H,17,18). The summed E-state index contributed by atoms with van der Waals surface area (Å²) in [6, 6.07) is 1.73. The molecule has 5 nitrogen and oxygen atoms in total. The molecule has 0 saturated carbocycles. The van der Waals surface area contributed by atoms with Crippen LogP contribution in [-0.2, 0) is 20.9 Å². The average Bonchev–Trinajstić information content (AvgIpc) is 2.35. The van der Waals surface area contributed by atoms with Gasteiger partial charge in [0.2, 0.25) is 5.91 Å². The van der Waals surface area contributed by atoms with Crippen LogP contribution < -0.4 is 5.32 Å². The largest absolute Gasteiger partial charge is 0.480 e. The van der Waals surface area contributed by atoms with E-state index in [1.165, 1.54) is 0 Å². The van der Waals surface area contributed by atoms with Gasteiger partial charge in [-0.3, -0.25) is 4.79 Å². The molecule has 1 amide bonds. The van der Waals surface area contributed by atoms with E-state index in [9.17, 15) is 22.8 Å². The number of halogens is 3. The topological polar surface area (TPSA) is 75.6 Å².